The van der Waals surface area contributed by atoms with Gasteiger partial charge in [0.15, 0.2) is 0 Å². The zero-order chi connectivity index (χ0) is 52.0. The van der Waals surface area contributed by atoms with Crippen molar-refractivity contribution >= 4 is 5.91 Å². The van der Waals surface area contributed by atoms with Gasteiger partial charge in [-0.1, -0.05) is 323 Å². The predicted octanol–water partition coefficient (Wildman–Crippen LogP) is 21.3. The maximum atomic E-state index is 12.5. The molecule has 1 amide bonds. The molecule has 416 valence electrons. The molecule has 0 aromatic carbocycles. The Morgan fingerprint density at radius 2 is 0.611 bits per heavy atom. The van der Waals surface area contributed by atoms with Gasteiger partial charge in [-0.15, -0.1) is 0 Å². The van der Waals surface area contributed by atoms with E-state index in [2.05, 4.69) is 104 Å². The minimum absolute atomic E-state index is 0.0833. The Kier molecular flexibility index (Phi) is 60.3. The molecular weight excluding hydrogens is 879 g/mol. The van der Waals surface area contributed by atoms with E-state index in [4.69, 9.17) is 0 Å². The lowest BCUT2D eigenvalue weighted by Crippen LogP contribution is -2.45. The maximum absolute atomic E-state index is 12.5. The molecule has 0 radical (unpaired) electrons. The van der Waals surface area contributed by atoms with Crippen LogP contribution in [0.1, 0.15) is 309 Å². The number of carbonyl (C=O) groups is 1. The Morgan fingerprint density at radius 1 is 0.347 bits per heavy atom. The lowest BCUT2D eigenvalue weighted by molar-refractivity contribution is -0.123. The number of hydrogen-bond acceptors (Lipinski definition) is 3. The van der Waals surface area contributed by atoms with Gasteiger partial charge >= 0.3 is 0 Å². The molecule has 0 spiro atoms. The van der Waals surface area contributed by atoms with Gasteiger partial charge in [0.05, 0.1) is 18.8 Å². The minimum atomic E-state index is -0.857. The van der Waals surface area contributed by atoms with E-state index in [0.29, 0.717) is 6.42 Å². The predicted molar refractivity (Wildman–Crippen MR) is 322 cm³/mol. The van der Waals surface area contributed by atoms with E-state index in [0.717, 1.165) is 83.5 Å². The second-order valence-electron chi connectivity index (χ2n) is 21.1. The first-order valence-corrected chi connectivity index (χ1v) is 31.5. The summed E-state index contributed by atoms with van der Waals surface area (Å²) in [6.45, 7) is 4.21. The van der Waals surface area contributed by atoms with E-state index < -0.39 is 12.1 Å². The SMILES string of the molecule is CC/C=C\C/C=C\C/C=C\C/C=C\C/C=C\C/C=C\C/C=C\CCCCCCCC(=O)NC(CO)C(O)/C=C/CCCCCCCCCCCCCCCCCCCCCCCCCCCCCCCCC. The molecule has 4 nitrogen and oxygen atoms in total. The van der Waals surface area contributed by atoms with Crippen molar-refractivity contribution in [1.29, 1.82) is 0 Å². The van der Waals surface area contributed by atoms with Gasteiger partial charge in [-0.2, -0.15) is 0 Å². The number of carbonyl (C=O) groups excluding carboxylic acids is 1. The summed E-state index contributed by atoms with van der Waals surface area (Å²) in [6.07, 6.45) is 93.1. The largest absolute Gasteiger partial charge is 0.394 e. The van der Waals surface area contributed by atoms with Gasteiger partial charge in [-0.05, 0) is 77.0 Å². The molecule has 0 aliphatic carbocycles. The van der Waals surface area contributed by atoms with E-state index in [1.807, 2.05) is 6.08 Å². The summed E-state index contributed by atoms with van der Waals surface area (Å²) in [7, 11) is 0. The summed E-state index contributed by atoms with van der Waals surface area (Å²) < 4.78 is 0. The number of aliphatic hydroxyl groups excluding tert-OH is 2. The van der Waals surface area contributed by atoms with Crippen molar-refractivity contribution in [3.8, 4) is 0 Å². The first-order chi connectivity index (χ1) is 35.7. The van der Waals surface area contributed by atoms with Crippen LogP contribution in [-0.2, 0) is 4.79 Å². The number of unbranched alkanes of at least 4 members (excludes halogenated alkanes) is 36. The second-order valence-corrected chi connectivity index (χ2v) is 21.1. The van der Waals surface area contributed by atoms with Gasteiger partial charge in [-0.25, -0.2) is 0 Å². The second kappa shape index (κ2) is 62.6. The molecule has 0 rings (SSSR count). The van der Waals surface area contributed by atoms with Gasteiger partial charge in [0.1, 0.15) is 0 Å². The van der Waals surface area contributed by atoms with Gasteiger partial charge in [0, 0.05) is 6.42 Å². The van der Waals surface area contributed by atoms with Crippen LogP contribution in [0.25, 0.3) is 0 Å². The van der Waals surface area contributed by atoms with Crippen LogP contribution in [-0.4, -0.2) is 34.9 Å². The van der Waals surface area contributed by atoms with Gasteiger partial charge in [-0.3, -0.25) is 4.79 Å². The molecule has 0 aliphatic heterocycles. The number of hydrogen-bond donors (Lipinski definition) is 3. The Balaban J connectivity index is 3.54. The summed E-state index contributed by atoms with van der Waals surface area (Å²) in [4.78, 5) is 12.5. The lowest BCUT2D eigenvalue weighted by Gasteiger charge is -2.20. The summed E-state index contributed by atoms with van der Waals surface area (Å²) in [6, 6.07) is -0.642. The van der Waals surface area contributed by atoms with Crippen molar-refractivity contribution in [3.63, 3.8) is 0 Å². The topological polar surface area (TPSA) is 69.6 Å². The highest BCUT2D eigenvalue weighted by Crippen LogP contribution is 2.17. The Labute approximate surface area is 449 Å². The smallest absolute Gasteiger partial charge is 0.220 e. The van der Waals surface area contributed by atoms with Crippen LogP contribution in [0.5, 0.6) is 0 Å². The van der Waals surface area contributed by atoms with Crippen LogP contribution in [0, 0.1) is 0 Å². The van der Waals surface area contributed by atoms with Crippen LogP contribution in [0.2, 0.25) is 0 Å². The molecule has 0 saturated heterocycles. The van der Waals surface area contributed by atoms with E-state index in [1.54, 1.807) is 6.08 Å². The molecule has 3 N–H and O–H groups in total. The molecule has 2 atom stereocenters. The molecule has 0 aliphatic rings. The Morgan fingerprint density at radius 3 is 0.917 bits per heavy atom. The van der Waals surface area contributed by atoms with Crippen LogP contribution in [0.3, 0.4) is 0 Å². The fraction of sp³-hybridized carbons (Fsp3) is 0.750. The number of allylic oxidation sites excluding steroid dienone is 15. The van der Waals surface area contributed by atoms with Crippen LogP contribution in [0.4, 0.5) is 0 Å². The van der Waals surface area contributed by atoms with E-state index in [1.165, 1.54) is 205 Å². The number of rotatable bonds is 57. The average Bonchev–Trinajstić information content (AvgIpc) is 3.39. The van der Waals surface area contributed by atoms with Gasteiger partial charge < -0.3 is 15.5 Å². The van der Waals surface area contributed by atoms with Crippen LogP contribution >= 0.6 is 0 Å². The molecule has 0 aromatic heterocycles. The number of amides is 1. The zero-order valence-corrected chi connectivity index (χ0v) is 47.9. The molecular formula is C68H121NO3. The zero-order valence-electron chi connectivity index (χ0n) is 47.9. The number of aliphatic hydroxyl groups is 2. The fourth-order valence-electron chi connectivity index (χ4n) is 9.34. The van der Waals surface area contributed by atoms with Gasteiger partial charge in [0.25, 0.3) is 0 Å². The standard InChI is InChI=1S/C68H121NO3/c1-3-5-7-9-11-13-15-17-19-21-23-25-27-29-31-32-33-34-35-36-38-39-41-43-45-47-49-51-53-55-57-59-61-63-67(71)66(65-70)69-68(72)64-62-60-58-56-54-52-50-48-46-44-42-40-37-30-28-26-24-22-20-18-16-14-12-10-8-6-4-2/h6,8,12,14,18,20,24,26,30,37,42,44,48,50,61,63,66-67,70-71H,3-5,7,9-11,13,15-17,19,21-23,25,27-29,31-36,38-41,43,45-47,49,51-60,62,64-65H2,1-2H3,(H,69,72)/b8-6-,14-12-,20-18-,26-24-,37-30-,44-42-,50-48-,63-61+. The summed E-state index contributed by atoms with van der Waals surface area (Å²) in [5.74, 6) is -0.0833. The van der Waals surface area contributed by atoms with Crippen LogP contribution in [0.15, 0.2) is 97.2 Å². The lowest BCUT2D eigenvalue weighted by atomic mass is 10.0. The fourth-order valence-corrected chi connectivity index (χ4v) is 9.34. The van der Waals surface area contributed by atoms with Crippen molar-refractivity contribution < 1.29 is 15.0 Å². The third kappa shape index (κ3) is 58.2. The van der Waals surface area contributed by atoms with Gasteiger partial charge in [0.2, 0.25) is 5.91 Å². The monoisotopic (exact) mass is 1000 g/mol. The summed E-state index contributed by atoms with van der Waals surface area (Å²) >= 11 is 0. The van der Waals surface area contributed by atoms with Crippen molar-refractivity contribution in [2.24, 2.45) is 0 Å². The molecule has 0 aromatic rings. The van der Waals surface area contributed by atoms with Crippen LogP contribution < -0.4 is 5.32 Å². The van der Waals surface area contributed by atoms with Crippen molar-refractivity contribution in [3.05, 3.63) is 97.2 Å². The van der Waals surface area contributed by atoms with Crippen molar-refractivity contribution in [1.82, 2.24) is 5.32 Å². The highest BCUT2D eigenvalue weighted by Gasteiger charge is 2.18. The Hall–Kier alpha value is -2.69. The average molecular weight is 1000 g/mol. The highest BCUT2D eigenvalue weighted by atomic mass is 16.3. The molecule has 2 unspecified atom stereocenters. The quantitative estimate of drug-likeness (QED) is 0.0420. The molecule has 0 heterocycles. The molecule has 72 heavy (non-hydrogen) atoms. The molecule has 0 bridgehead atoms. The van der Waals surface area contributed by atoms with E-state index in [9.17, 15) is 15.0 Å². The summed E-state index contributed by atoms with van der Waals surface area (Å²) in [5.41, 5.74) is 0. The van der Waals surface area contributed by atoms with E-state index >= 15 is 0 Å². The molecule has 4 heteroatoms. The highest BCUT2D eigenvalue weighted by molar-refractivity contribution is 5.76. The first-order valence-electron chi connectivity index (χ1n) is 31.5. The number of nitrogens with one attached hydrogen (secondary N) is 1. The molecule has 0 fully saturated rings. The molecule has 0 saturated carbocycles. The summed E-state index contributed by atoms with van der Waals surface area (Å²) in [5, 5.41) is 23.2. The first kappa shape index (κ1) is 69.3. The third-order valence-corrected chi connectivity index (χ3v) is 14.1. The van der Waals surface area contributed by atoms with E-state index in [-0.39, 0.29) is 12.5 Å². The Bertz CT molecular complexity index is 1320. The maximum Gasteiger partial charge on any atom is 0.220 e. The van der Waals surface area contributed by atoms with Crippen molar-refractivity contribution in [2.75, 3.05) is 6.61 Å². The third-order valence-electron chi connectivity index (χ3n) is 14.1. The minimum Gasteiger partial charge on any atom is -0.394 e. The van der Waals surface area contributed by atoms with Crippen molar-refractivity contribution in [2.45, 2.75) is 321 Å². The normalized spacial score (nSPS) is 13.4.